The summed E-state index contributed by atoms with van der Waals surface area (Å²) in [5, 5.41) is 12.6. The number of hydrogen-bond acceptors (Lipinski definition) is 3. The highest BCUT2D eigenvalue weighted by Gasteiger charge is 2.07. The van der Waals surface area contributed by atoms with Gasteiger partial charge in [0.2, 0.25) is 0 Å². The summed E-state index contributed by atoms with van der Waals surface area (Å²) >= 11 is 0. The van der Waals surface area contributed by atoms with E-state index in [1.165, 1.54) is 10.7 Å². The van der Waals surface area contributed by atoms with Crippen molar-refractivity contribution >= 4 is 5.97 Å². The molecule has 2 aromatic rings. The Morgan fingerprint density at radius 1 is 1.47 bits per heavy atom. The molecule has 0 aliphatic rings. The van der Waals surface area contributed by atoms with Crippen LogP contribution in [0.25, 0.3) is 5.82 Å². The maximum Gasteiger partial charge on any atom is 0.356 e. The second kappa shape index (κ2) is 3.53. The van der Waals surface area contributed by atoms with Gasteiger partial charge < -0.3 is 5.11 Å². The first-order chi connectivity index (χ1) is 7.16. The van der Waals surface area contributed by atoms with Gasteiger partial charge in [0.05, 0.1) is 0 Å². The van der Waals surface area contributed by atoms with Crippen LogP contribution in [0.1, 0.15) is 16.1 Å². The fraction of sp³-hybridized carbons (Fsp3) is 0.100. The Hall–Kier alpha value is -2.17. The molecule has 0 fully saturated rings. The van der Waals surface area contributed by atoms with E-state index in [0.717, 1.165) is 5.56 Å². The number of pyridine rings is 1. The fourth-order valence-corrected chi connectivity index (χ4v) is 1.21. The van der Waals surface area contributed by atoms with E-state index >= 15 is 0 Å². The zero-order valence-corrected chi connectivity index (χ0v) is 8.08. The van der Waals surface area contributed by atoms with Crippen LogP contribution in [-0.4, -0.2) is 25.8 Å². The van der Waals surface area contributed by atoms with E-state index in [1.807, 2.05) is 19.1 Å². The van der Waals surface area contributed by atoms with Gasteiger partial charge in [0.15, 0.2) is 11.5 Å². The van der Waals surface area contributed by atoms with Crippen molar-refractivity contribution in [1.29, 1.82) is 0 Å². The molecule has 0 unspecified atom stereocenters. The average Bonchev–Trinajstić information content (AvgIpc) is 2.66. The van der Waals surface area contributed by atoms with E-state index in [-0.39, 0.29) is 5.69 Å². The molecule has 0 atom stereocenters. The Morgan fingerprint density at radius 3 is 2.87 bits per heavy atom. The van der Waals surface area contributed by atoms with Crippen molar-refractivity contribution in [2.24, 2.45) is 0 Å². The van der Waals surface area contributed by atoms with Gasteiger partial charge in [0.1, 0.15) is 0 Å². The molecule has 0 saturated heterocycles. The predicted molar refractivity (Wildman–Crippen MR) is 53.1 cm³/mol. The van der Waals surface area contributed by atoms with Crippen molar-refractivity contribution in [3.8, 4) is 5.82 Å². The lowest BCUT2D eigenvalue weighted by Gasteiger charge is -1.99. The smallest absolute Gasteiger partial charge is 0.356 e. The third-order valence-electron chi connectivity index (χ3n) is 1.94. The summed E-state index contributed by atoms with van der Waals surface area (Å²) in [6.45, 7) is 1.94. The minimum Gasteiger partial charge on any atom is -0.476 e. The standard InChI is InChI=1S/C10H9N3O2/c1-7-2-4-11-9(6-7)13-5-3-8(12-13)10(14)15/h2-6H,1H3,(H,14,15). The molecule has 2 rings (SSSR count). The zero-order valence-electron chi connectivity index (χ0n) is 8.08. The first kappa shape index (κ1) is 9.39. The summed E-state index contributed by atoms with van der Waals surface area (Å²) in [5.41, 5.74) is 1.06. The van der Waals surface area contributed by atoms with E-state index in [1.54, 1.807) is 12.4 Å². The summed E-state index contributed by atoms with van der Waals surface area (Å²) in [6.07, 6.45) is 3.23. The molecular weight excluding hydrogens is 194 g/mol. The number of rotatable bonds is 2. The number of aryl methyl sites for hydroxylation is 1. The topological polar surface area (TPSA) is 68.0 Å². The zero-order chi connectivity index (χ0) is 10.8. The molecule has 15 heavy (non-hydrogen) atoms. The maximum atomic E-state index is 10.6. The maximum absolute atomic E-state index is 10.6. The normalized spacial score (nSPS) is 10.2. The minimum atomic E-state index is -1.04. The minimum absolute atomic E-state index is 0.0123. The molecule has 0 aliphatic carbocycles. The summed E-state index contributed by atoms with van der Waals surface area (Å²) in [5.74, 6) is -0.427. The third kappa shape index (κ3) is 1.85. The molecule has 0 amide bonds. The van der Waals surface area contributed by atoms with E-state index in [2.05, 4.69) is 10.1 Å². The van der Waals surface area contributed by atoms with Gasteiger partial charge in [-0.1, -0.05) is 0 Å². The van der Waals surface area contributed by atoms with Crippen molar-refractivity contribution in [3.05, 3.63) is 41.9 Å². The highest BCUT2D eigenvalue weighted by molar-refractivity contribution is 5.85. The molecule has 0 aliphatic heterocycles. The number of nitrogens with zero attached hydrogens (tertiary/aromatic N) is 3. The van der Waals surface area contributed by atoms with Crippen LogP contribution in [0.15, 0.2) is 30.6 Å². The van der Waals surface area contributed by atoms with Gasteiger partial charge in [0.25, 0.3) is 0 Å². The van der Waals surface area contributed by atoms with Gasteiger partial charge in [-0.3, -0.25) is 0 Å². The summed E-state index contributed by atoms with van der Waals surface area (Å²) < 4.78 is 1.44. The quantitative estimate of drug-likeness (QED) is 0.798. The van der Waals surface area contributed by atoms with Crippen LogP contribution in [0.3, 0.4) is 0 Å². The number of carboxylic acids is 1. The average molecular weight is 203 g/mol. The van der Waals surface area contributed by atoms with Crippen LogP contribution in [0, 0.1) is 6.92 Å². The Labute approximate surface area is 86.0 Å². The number of aromatic nitrogens is 3. The van der Waals surface area contributed by atoms with Gasteiger partial charge >= 0.3 is 5.97 Å². The summed E-state index contributed by atoms with van der Waals surface area (Å²) in [6, 6.07) is 5.14. The fourth-order valence-electron chi connectivity index (χ4n) is 1.21. The second-order valence-corrected chi connectivity index (χ2v) is 3.14. The molecule has 0 saturated carbocycles. The van der Waals surface area contributed by atoms with Gasteiger partial charge in [-0.15, -0.1) is 0 Å². The SMILES string of the molecule is Cc1ccnc(-n2ccc(C(=O)O)n2)c1. The van der Waals surface area contributed by atoms with Crippen molar-refractivity contribution < 1.29 is 9.90 Å². The van der Waals surface area contributed by atoms with E-state index in [4.69, 9.17) is 5.11 Å². The van der Waals surface area contributed by atoms with Crippen LogP contribution in [0.5, 0.6) is 0 Å². The third-order valence-corrected chi connectivity index (χ3v) is 1.94. The second-order valence-electron chi connectivity index (χ2n) is 3.14. The van der Waals surface area contributed by atoms with Gasteiger partial charge in [0, 0.05) is 12.4 Å². The Kier molecular flexibility index (Phi) is 2.21. The Balaban J connectivity index is 2.41. The predicted octanol–water partition coefficient (Wildman–Crippen LogP) is 1.27. The molecule has 0 spiro atoms. The van der Waals surface area contributed by atoms with Gasteiger partial charge in [-0.2, -0.15) is 5.10 Å². The van der Waals surface area contributed by atoms with Crippen LogP contribution in [0.2, 0.25) is 0 Å². The van der Waals surface area contributed by atoms with Crippen LogP contribution in [-0.2, 0) is 0 Å². The molecule has 5 nitrogen and oxygen atoms in total. The molecular formula is C10H9N3O2. The molecule has 2 heterocycles. The lowest BCUT2D eigenvalue weighted by molar-refractivity contribution is 0.0690. The molecule has 76 valence electrons. The molecule has 1 N–H and O–H groups in total. The first-order valence-corrected chi connectivity index (χ1v) is 4.39. The van der Waals surface area contributed by atoms with Crippen LogP contribution < -0.4 is 0 Å². The van der Waals surface area contributed by atoms with Crippen LogP contribution in [0.4, 0.5) is 0 Å². The Bertz CT molecular complexity index is 505. The number of aromatic carboxylic acids is 1. The number of carbonyl (C=O) groups is 1. The highest BCUT2D eigenvalue weighted by atomic mass is 16.4. The number of carboxylic acid groups (broad SMARTS) is 1. The lowest BCUT2D eigenvalue weighted by Crippen LogP contribution is -2.02. The molecule has 5 heteroatoms. The van der Waals surface area contributed by atoms with E-state index < -0.39 is 5.97 Å². The van der Waals surface area contributed by atoms with E-state index in [0.29, 0.717) is 5.82 Å². The van der Waals surface area contributed by atoms with Gasteiger partial charge in [-0.25, -0.2) is 14.5 Å². The summed E-state index contributed by atoms with van der Waals surface area (Å²) in [4.78, 5) is 14.7. The lowest BCUT2D eigenvalue weighted by atomic mass is 10.3. The van der Waals surface area contributed by atoms with Crippen molar-refractivity contribution in [3.63, 3.8) is 0 Å². The molecule has 2 aromatic heterocycles. The van der Waals surface area contributed by atoms with E-state index in [9.17, 15) is 4.79 Å². The molecule has 0 bridgehead atoms. The Morgan fingerprint density at radius 2 is 2.27 bits per heavy atom. The van der Waals surface area contributed by atoms with Gasteiger partial charge in [-0.05, 0) is 30.7 Å². The molecule has 0 aromatic carbocycles. The van der Waals surface area contributed by atoms with Crippen molar-refractivity contribution in [2.75, 3.05) is 0 Å². The largest absolute Gasteiger partial charge is 0.476 e. The van der Waals surface area contributed by atoms with Crippen LogP contribution >= 0.6 is 0 Å². The van der Waals surface area contributed by atoms with Crippen molar-refractivity contribution in [2.45, 2.75) is 6.92 Å². The number of hydrogen-bond donors (Lipinski definition) is 1. The highest BCUT2D eigenvalue weighted by Crippen LogP contribution is 2.06. The first-order valence-electron chi connectivity index (χ1n) is 4.39. The monoisotopic (exact) mass is 203 g/mol. The van der Waals surface area contributed by atoms with Crippen molar-refractivity contribution in [1.82, 2.24) is 14.8 Å². The molecule has 0 radical (unpaired) electrons. The summed E-state index contributed by atoms with van der Waals surface area (Å²) in [7, 11) is 0.